The maximum Gasteiger partial charge on any atom is 0.255 e. The lowest BCUT2D eigenvalue weighted by molar-refractivity contribution is -0.139. The first-order chi connectivity index (χ1) is 12.4. The fourth-order valence-electron chi connectivity index (χ4n) is 2.59. The van der Waals surface area contributed by atoms with Crippen molar-refractivity contribution in [2.45, 2.75) is 19.4 Å². The van der Waals surface area contributed by atoms with E-state index in [1.807, 2.05) is 30.3 Å². The van der Waals surface area contributed by atoms with Crippen LogP contribution in [0.5, 0.6) is 0 Å². The highest BCUT2D eigenvalue weighted by Gasteiger charge is 2.28. The molecule has 1 aliphatic heterocycles. The van der Waals surface area contributed by atoms with Crippen LogP contribution in [0.15, 0.2) is 60.0 Å². The molecule has 3 rings (SSSR count). The SMILES string of the molecule is O=C1CCC(=O)N1Cc1ccc(NS(=O)(=O)C=Cc2ccccc2)cc1. The van der Waals surface area contributed by atoms with E-state index < -0.39 is 10.0 Å². The molecule has 1 fully saturated rings. The minimum absolute atomic E-state index is 0.175. The van der Waals surface area contributed by atoms with Crippen molar-refractivity contribution in [2.75, 3.05) is 4.72 Å². The largest absolute Gasteiger partial charge is 0.280 e. The molecule has 0 aromatic heterocycles. The van der Waals surface area contributed by atoms with Gasteiger partial charge in [-0.15, -0.1) is 0 Å². The number of likely N-dealkylation sites (tertiary alicyclic amines) is 1. The number of hydrogen-bond acceptors (Lipinski definition) is 4. The zero-order chi connectivity index (χ0) is 18.6. The van der Waals surface area contributed by atoms with Gasteiger partial charge in [0.25, 0.3) is 10.0 Å². The minimum atomic E-state index is -3.63. The highest BCUT2D eigenvalue weighted by atomic mass is 32.2. The molecule has 0 atom stereocenters. The second kappa shape index (κ2) is 7.53. The summed E-state index contributed by atoms with van der Waals surface area (Å²) in [4.78, 5) is 24.5. The van der Waals surface area contributed by atoms with Crippen molar-refractivity contribution in [3.05, 3.63) is 71.1 Å². The van der Waals surface area contributed by atoms with Gasteiger partial charge < -0.3 is 0 Å². The number of carbonyl (C=O) groups is 2. The van der Waals surface area contributed by atoms with E-state index in [1.54, 1.807) is 24.3 Å². The van der Waals surface area contributed by atoms with E-state index in [2.05, 4.69) is 4.72 Å². The Kier molecular flexibility index (Phi) is 5.18. The number of hydrogen-bond donors (Lipinski definition) is 1. The van der Waals surface area contributed by atoms with E-state index in [0.717, 1.165) is 16.5 Å². The van der Waals surface area contributed by atoms with Crippen LogP contribution >= 0.6 is 0 Å². The van der Waals surface area contributed by atoms with Crippen LogP contribution in [-0.4, -0.2) is 25.1 Å². The molecular weight excluding hydrogens is 352 g/mol. The van der Waals surface area contributed by atoms with Gasteiger partial charge in [0.1, 0.15) is 0 Å². The summed E-state index contributed by atoms with van der Waals surface area (Å²) in [5, 5.41) is 1.11. The lowest BCUT2D eigenvalue weighted by Gasteiger charge is -2.14. The molecule has 0 bridgehead atoms. The zero-order valence-corrected chi connectivity index (χ0v) is 14.8. The first kappa shape index (κ1) is 17.9. The van der Waals surface area contributed by atoms with E-state index in [0.29, 0.717) is 5.69 Å². The summed E-state index contributed by atoms with van der Waals surface area (Å²) in [6, 6.07) is 15.7. The summed E-state index contributed by atoms with van der Waals surface area (Å²) >= 11 is 0. The van der Waals surface area contributed by atoms with Crippen molar-refractivity contribution < 1.29 is 18.0 Å². The number of nitrogens with zero attached hydrogens (tertiary/aromatic N) is 1. The highest BCUT2D eigenvalue weighted by molar-refractivity contribution is 7.95. The Morgan fingerprint density at radius 3 is 2.15 bits per heavy atom. The van der Waals surface area contributed by atoms with Crippen LogP contribution in [0, 0.1) is 0 Å². The summed E-state index contributed by atoms with van der Waals surface area (Å²) < 4.78 is 26.7. The van der Waals surface area contributed by atoms with Crippen molar-refractivity contribution >= 4 is 33.6 Å². The average Bonchev–Trinajstić information content (AvgIpc) is 2.94. The van der Waals surface area contributed by atoms with E-state index in [1.165, 1.54) is 11.0 Å². The molecule has 0 saturated carbocycles. The summed E-state index contributed by atoms with van der Waals surface area (Å²) in [5.74, 6) is -0.350. The van der Waals surface area contributed by atoms with Gasteiger partial charge in [0, 0.05) is 18.5 Å². The first-order valence-corrected chi connectivity index (χ1v) is 9.66. The van der Waals surface area contributed by atoms with Crippen LogP contribution in [0.25, 0.3) is 6.08 Å². The molecule has 1 aliphatic rings. The second-order valence-electron chi connectivity index (χ2n) is 5.93. The van der Waals surface area contributed by atoms with E-state index in [-0.39, 0.29) is 31.2 Å². The summed E-state index contributed by atoms with van der Waals surface area (Å²) in [6.07, 6.45) is 2.02. The Hall–Kier alpha value is -2.93. The third-order valence-electron chi connectivity index (χ3n) is 3.95. The maximum absolute atomic E-state index is 12.1. The van der Waals surface area contributed by atoms with Gasteiger partial charge in [0.05, 0.1) is 12.0 Å². The zero-order valence-electron chi connectivity index (χ0n) is 14.0. The third-order valence-corrected chi connectivity index (χ3v) is 4.96. The van der Waals surface area contributed by atoms with Crippen molar-refractivity contribution in [1.82, 2.24) is 4.90 Å². The summed E-state index contributed by atoms with van der Waals surface area (Å²) in [5.41, 5.74) is 1.95. The van der Waals surface area contributed by atoms with Crippen molar-refractivity contribution in [3.63, 3.8) is 0 Å². The predicted molar refractivity (Wildman–Crippen MR) is 99.3 cm³/mol. The molecule has 2 aromatic rings. The molecule has 134 valence electrons. The van der Waals surface area contributed by atoms with Crippen LogP contribution < -0.4 is 4.72 Å². The van der Waals surface area contributed by atoms with Crippen molar-refractivity contribution in [2.24, 2.45) is 0 Å². The molecule has 2 aromatic carbocycles. The number of imide groups is 1. The van der Waals surface area contributed by atoms with Gasteiger partial charge in [-0.05, 0) is 29.3 Å². The lowest BCUT2D eigenvalue weighted by Crippen LogP contribution is -2.28. The topological polar surface area (TPSA) is 83.6 Å². The van der Waals surface area contributed by atoms with Gasteiger partial charge in [-0.25, -0.2) is 8.42 Å². The Labute approximate surface area is 152 Å². The molecule has 0 radical (unpaired) electrons. The molecule has 0 spiro atoms. The number of nitrogens with one attached hydrogen (secondary N) is 1. The first-order valence-electron chi connectivity index (χ1n) is 8.11. The molecule has 0 unspecified atom stereocenters. The summed E-state index contributed by atoms with van der Waals surface area (Å²) in [7, 11) is -3.63. The monoisotopic (exact) mass is 370 g/mol. The lowest BCUT2D eigenvalue weighted by atomic mass is 10.2. The van der Waals surface area contributed by atoms with Gasteiger partial charge in [0.2, 0.25) is 11.8 Å². The van der Waals surface area contributed by atoms with Gasteiger partial charge in [-0.1, -0.05) is 42.5 Å². The standard InChI is InChI=1S/C19H18N2O4S/c22-18-10-11-19(23)21(18)14-16-6-8-17(9-7-16)20-26(24,25)13-12-15-4-2-1-3-5-15/h1-9,12-13,20H,10-11,14H2. The molecule has 2 amide bonds. The van der Waals surface area contributed by atoms with Crippen LogP contribution in [0.4, 0.5) is 5.69 Å². The molecule has 1 saturated heterocycles. The smallest absolute Gasteiger partial charge is 0.255 e. The minimum Gasteiger partial charge on any atom is -0.280 e. The number of anilines is 1. The van der Waals surface area contributed by atoms with E-state index >= 15 is 0 Å². The Morgan fingerprint density at radius 1 is 0.923 bits per heavy atom. The highest BCUT2D eigenvalue weighted by Crippen LogP contribution is 2.18. The molecule has 6 nitrogen and oxygen atoms in total. The van der Waals surface area contributed by atoms with Gasteiger partial charge in [0.15, 0.2) is 0 Å². The van der Waals surface area contributed by atoms with Crippen molar-refractivity contribution in [3.8, 4) is 0 Å². The number of carbonyl (C=O) groups excluding carboxylic acids is 2. The number of benzene rings is 2. The Bertz CT molecular complexity index is 919. The van der Waals surface area contributed by atoms with Gasteiger partial charge in [-0.3, -0.25) is 19.2 Å². The molecular formula is C19H18N2O4S. The van der Waals surface area contributed by atoms with Gasteiger partial charge >= 0.3 is 0 Å². The normalized spacial score (nSPS) is 15.0. The van der Waals surface area contributed by atoms with Crippen LogP contribution in [-0.2, 0) is 26.2 Å². The van der Waals surface area contributed by atoms with E-state index in [9.17, 15) is 18.0 Å². The molecule has 26 heavy (non-hydrogen) atoms. The molecule has 1 N–H and O–H groups in total. The predicted octanol–water partition coefficient (Wildman–Crippen LogP) is 2.75. The van der Waals surface area contributed by atoms with Crippen LogP contribution in [0.1, 0.15) is 24.0 Å². The molecule has 7 heteroatoms. The molecule has 1 heterocycles. The number of amides is 2. The maximum atomic E-state index is 12.1. The molecule has 0 aliphatic carbocycles. The van der Waals surface area contributed by atoms with Crippen LogP contribution in [0.2, 0.25) is 0 Å². The average molecular weight is 370 g/mol. The summed E-state index contributed by atoms with van der Waals surface area (Å²) in [6.45, 7) is 0.207. The fraction of sp³-hybridized carbons (Fsp3) is 0.158. The van der Waals surface area contributed by atoms with Crippen LogP contribution in [0.3, 0.4) is 0 Å². The Balaban J connectivity index is 1.64. The Morgan fingerprint density at radius 2 is 1.54 bits per heavy atom. The second-order valence-corrected chi connectivity index (χ2v) is 7.50. The fourth-order valence-corrected chi connectivity index (χ4v) is 3.46. The van der Waals surface area contributed by atoms with Gasteiger partial charge in [-0.2, -0.15) is 0 Å². The van der Waals surface area contributed by atoms with E-state index in [4.69, 9.17) is 0 Å². The number of sulfonamides is 1. The third kappa shape index (κ3) is 4.58. The number of rotatable bonds is 6. The quantitative estimate of drug-likeness (QED) is 0.793. The van der Waals surface area contributed by atoms with Crippen molar-refractivity contribution in [1.29, 1.82) is 0 Å².